The molecule has 1 saturated heterocycles. The minimum atomic E-state index is -0.0706. The fraction of sp³-hybridized carbons (Fsp3) is 0.286. The van der Waals surface area contributed by atoms with Crippen LogP contribution in [-0.4, -0.2) is 59.5 Å². The van der Waals surface area contributed by atoms with E-state index in [1.165, 1.54) is 5.56 Å². The van der Waals surface area contributed by atoms with Gasteiger partial charge in [-0.1, -0.05) is 42.0 Å². The second kappa shape index (κ2) is 11.0. The van der Waals surface area contributed by atoms with Crippen molar-refractivity contribution in [3.05, 3.63) is 72.1 Å². The minimum absolute atomic E-state index is 0.0706. The highest BCUT2D eigenvalue weighted by Crippen LogP contribution is 2.35. The largest absolute Gasteiger partial charge is 0.325 e. The molecule has 0 saturated carbocycles. The number of nitriles is 1. The molecule has 8 heteroatoms. The molecule has 36 heavy (non-hydrogen) atoms. The number of amides is 2. The molecule has 5 rings (SSSR count). The zero-order chi connectivity index (χ0) is 25.7. The smallest absolute Gasteiger partial charge is 0.324 e. The zero-order valence-corrected chi connectivity index (χ0v) is 21.2. The van der Waals surface area contributed by atoms with Gasteiger partial charge in [-0.3, -0.25) is 9.30 Å². The number of aryl methyl sites for hydroxylation is 1. The number of nitrogens with one attached hydrogen (secondary N) is 1. The number of fused-ring (bicyclic) bond motifs is 1. The molecule has 2 aromatic heterocycles. The molecule has 8 nitrogen and oxygen atoms in total. The first-order chi connectivity index (χ1) is 17.5. The van der Waals surface area contributed by atoms with Gasteiger partial charge in [-0.25, -0.2) is 14.8 Å². The van der Waals surface area contributed by atoms with Gasteiger partial charge >= 0.3 is 6.03 Å². The number of hydrogen-bond acceptors (Lipinski definition) is 5. The minimum Gasteiger partial charge on any atom is -0.324 e. The summed E-state index contributed by atoms with van der Waals surface area (Å²) < 4.78 is 1.99. The summed E-state index contributed by atoms with van der Waals surface area (Å²) in [5, 5.41) is 12.0. The quantitative estimate of drug-likeness (QED) is 0.457. The van der Waals surface area contributed by atoms with E-state index in [0.717, 1.165) is 48.4 Å². The maximum Gasteiger partial charge on any atom is 0.325 e. The lowest BCUT2D eigenvalue weighted by molar-refractivity contribution is 0.216. The van der Waals surface area contributed by atoms with E-state index in [1.807, 2.05) is 41.7 Å². The van der Waals surface area contributed by atoms with E-state index in [1.54, 1.807) is 30.3 Å². The Morgan fingerprint density at radius 3 is 2.25 bits per heavy atom. The first-order valence-electron chi connectivity index (χ1n) is 12.0. The number of urea groups is 1. The topological polar surface area (TPSA) is 89.6 Å². The Kier molecular flexibility index (Phi) is 7.62. The Hall–Kier alpha value is -4.22. The molecule has 1 fully saturated rings. The Balaban J connectivity index is 0.000000967. The van der Waals surface area contributed by atoms with E-state index in [-0.39, 0.29) is 6.03 Å². The van der Waals surface area contributed by atoms with E-state index in [2.05, 4.69) is 47.6 Å². The van der Waals surface area contributed by atoms with Crippen molar-refractivity contribution in [3.8, 4) is 28.6 Å². The van der Waals surface area contributed by atoms with Crippen molar-refractivity contribution in [3.63, 3.8) is 0 Å². The highest BCUT2D eigenvalue weighted by atomic mass is 16.2. The maximum atomic E-state index is 13.2. The number of anilines is 1. The highest BCUT2D eigenvalue weighted by molar-refractivity contribution is 5.95. The molecular formula is C28H31N7O. The number of hydrogen-bond donors (Lipinski definition) is 1. The molecule has 184 valence electrons. The van der Waals surface area contributed by atoms with Gasteiger partial charge < -0.3 is 10.2 Å². The fourth-order valence-electron chi connectivity index (χ4n) is 4.30. The monoisotopic (exact) mass is 481 g/mol. The van der Waals surface area contributed by atoms with Crippen LogP contribution >= 0.6 is 0 Å². The first kappa shape index (κ1) is 24.9. The number of likely N-dealkylation sites (tertiary alicyclic amines) is 1. The molecule has 3 heterocycles. The normalized spacial score (nSPS) is 12.7. The number of carbonyl (C=O) groups is 1. The van der Waals surface area contributed by atoms with Gasteiger partial charge in [-0.2, -0.15) is 5.26 Å². The van der Waals surface area contributed by atoms with Gasteiger partial charge in [0.1, 0.15) is 0 Å². The van der Waals surface area contributed by atoms with Crippen LogP contribution in [0.2, 0.25) is 0 Å². The second-order valence-corrected chi connectivity index (χ2v) is 8.84. The van der Waals surface area contributed by atoms with Gasteiger partial charge in [0.05, 0.1) is 23.0 Å². The van der Waals surface area contributed by atoms with E-state index >= 15 is 0 Å². The first-order valence-corrected chi connectivity index (χ1v) is 12.0. The summed E-state index contributed by atoms with van der Waals surface area (Å²) in [4.78, 5) is 26.2. The molecule has 0 aliphatic carbocycles. The van der Waals surface area contributed by atoms with E-state index in [0.29, 0.717) is 17.0 Å². The summed E-state index contributed by atoms with van der Waals surface area (Å²) in [5.74, 6) is 0.507. The average molecular weight is 482 g/mol. The summed E-state index contributed by atoms with van der Waals surface area (Å²) >= 11 is 0. The molecule has 0 radical (unpaired) electrons. The van der Waals surface area contributed by atoms with Crippen molar-refractivity contribution >= 4 is 17.5 Å². The Labute approximate surface area is 211 Å². The predicted molar refractivity (Wildman–Crippen MR) is 143 cm³/mol. The van der Waals surface area contributed by atoms with Crippen molar-refractivity contribution < 1.29 is 4.79 Å². The lowest BCUT2D eigenvalue weighted by atomic mass is 10.0. The molecular weight excluding hydrogens is 450 g/mol. The van der Waals surface area contributed by atoms with Crippen LogP contribution in [0.5, 0.6) is 0 Å². The van der Waals surface area contributed by atoms with Crippen LogP contribution in [0.25, 0.3) is 28.2 Å². The predicted octanol–water partition coefficient (Wildman–Crippen LogP) is 4.73. The van der Waals surface area contributed by atoms with Crippen LogP contribution in [-0.2, 0) is 0 Å². The van der Waals surface area contributed by atoms with Gasteiger partial charge in [-0.15, -0.1) is 0 Å². The summed E-state index contributed by atoms with van der Waals surface area (Å²) in [6, 6.07) is 17.7. The van der Waals surface area contributed by atoms with Crippen molar-refractivity contribution in [2.45, 2.75) is 19.8 Å². The van der Waals surface area contributed by atoms with E-state index in [4.69, 9.17) is 4.98 Å². The van der Waals surface area contributed by atoms with Gasteiger partial charge in [0.25, 0.3) is 0 Å². The Bertz CT molecular complexity index is 1380. The third-order valence-corrected chi connectivity index (χ3v) is 6.12. The molecule has 1 aliphatic rings. The summed E-state index contributed by atoms with van der Waals surface area (Å²) in [6.45, 7) is 3.58. The molecule has 1 N–H and O–H groups in total. The number of imidazole rings is 1. The van der Waals surface area contributed by atoms with Crippen molar-refractivity contribution in [2.24, 2.45) is 0 Å². The highest BCUT2D eigenvalue weighted by Gasteiger charge is 2.27. The van der Waals surface area contributed by atoms with Crippen molar-refractivity contribution in [2.75, 3.05) is 39.1 Å². The molecule has 0 spiro atoms. The van der Waals surface area contributed by atoms with Crippen LogP contribution < -0.4 is 10.2 Å². The SMILES string of the molecule is CNC.Cc1ccc(-c2c(-c3ccc(C#N)cc3)nc(N(C)C(=O)N3CCCC3)c3nccn23)cc1. The molecule has 4 aromatic rings. The van der Waals surface area contributed by atoms with Crippen LogP contribution in [0.15, 0.2) is 60.9 Å². The maximum absolute atomic E-state index is 13.2. The zero-order valence-electron chi connectivity index (χ0n) is 21.2. The van der Waals surface area contributed by atoms with Crippen LogP contribution in [0, 0.1) is 18.3 Å². The fourth-order valence-corrected chi connectivity index (χ4v) is 4.30. The number of nitrogens with zero attached hydrogens (tertiary/aromatic N) is 6. The second-order valence-electron chi connectivity index (χ2n) is 8.84. The molecule has 0 unspecified atom stereocenters. The summed E-state index contributed by atoms with van der Waals surface area (Å²) in [6.07, 6.45) is 5.68. The van der Waals surface area contributed by atoms with E-state index < -0.39 is 0 Å². The van der Waals surface area contributed by atoms with E-state index in [9.17, 15) is 10.1 Å². The third kappa shape index (κ3) is 4.92. The third-order valence-electron chi connectivity index (χ3n) is 6.12. The number of carbonyl (C=O) groups excluding carboxylic acids is 1. The standard InChI is InChI=1S/C26H24N6O.C2H7N/c1-18-5-9-21(10-6-18)23-22(20-11-7-19(17-27)8-12-20)29-25(24-28-13-16-32(23)24)30(2)26(33)31-14-3-4-15-31;1-3-2/h5-13,16H,3-4,14-15H2,1-2H3;3H,1-2H3. The van der Waals surface area contributed by atoms with Gasteiger partial charge in [0.2, 0.25) is 0 Å². The number of rotatable bonds is 3. The molecule has 2 amide bonds. The Morgan fingerprint density at radius 1 is 1.03 bits per heavy atom. The van der Waals surface area contributed by atoms with Gasteiger partial charge in [0.15, 0.2) is 11.5 Å². The number of benzene rings is 2. The van der Waals surface area contributed by atoms with Crippen LogP contribution in [0.4, 0.5) is 10.6 Å². The molecule has 1 aliphatic heterocycles. The molecule has 0 atom stereocenters. The van der Waals surface area contributed by atoms with Crippen LogP contribution in [0.3, 0.4) is 0 Å². The summed E-state index contributed by atoms with van der Waals surface area (Å²) in [7, 11) is 5.51. The van der Waals surface area contributed by atoms with Crippen molar-refractivity contribution in [1.82, 2.24) is 24.6 Å². The van der Waals surface area contributed by atoms with Gasteiger partial charge in [-0.05, 0) is 46.0 Å². The molecule has 0 bridgehead atoms. The Morgan fingerprint density at radius 2 is 1.64 bits per heavy atom. The van der Waals surface area contributed by atoms with Crippen molar-refractivity contribution in [1.29, 1.82) is 5.26 Å². The average Bonchev–Trinajstić information content (AvgIpc) is 3.61. The van der Waals surface area contributed by atoms with Crippen LogP contribution in [0.1, 0.15) is 24.0 Å². The van der Waals surface area contributed by atoms with Gasteiger partial charge in [0, 0.05) is 43.7 Å². The summed E-state index contributed by atoms with van der Waals surface area (Å²) in [5.41, 5.74) is 5.85. The number of aromatic nitrogens is 3. The molecule has 2 aromatic carbocycles. The lowest BCUT2D eigenvalue weighted by Gasteiger charge is -2.25. The lowest BCUT2D eigenvalue weighted by Crippen LogP contribution is -2.40.